The summed E-state index contributed by atoms with van der Waals surface area (Å²) >= 11 is 3.29. The van der Waals surface area contributed by atoms with Gasteiger partial charge in [-0.1, -0.05) is 0 Å². The summed E-state index contributed by atoms with van der Waals surface area (Å²) in [6, 6.07) is 9.46. The standard InChI is InChI=1S/C13H8BrFN2O/c14-11-5-8(15)6-12-13(11)16-7-17(12)9-1-3-10(18)4-2-9/h1-7,18H. The molecule has 0 fully saturated rings. The molecule has 0 unspecified atom stereocenters. The van der Waals surface area contributed by atoms with Crippen LogP contribution in [0, 0.1) is 5.82 Å². The van der Waals surface area contributed by atoms with Crippen molar-refractivity contribution in [2.24, 2.45) is 0 Å². The summed E-state index contributed by atoms with van der Waals surface area (Å²) in [6.45, 7) is 0. The van der Waals surface area contributed by atoms with Gasteiger partial charge in [0.05, 0.1) is 5.52 Å². The van der Waals surface area contributed by atoms with Crippen LogP contribution in [-0.2, 0) is 0 Å². The van der Waals surface area contributed by atoms with Crippen molar-refractivity contribution in [3.8, 4) is 11.4 Å². The van der Waals surface area contributed by atoms with Gasteiger partial charge in [0.25, 0.3) is 0 Å². The molecule has 3 aromatic rings. The van der Waals surface area contributed by atoms with Crippen molar-refractivity contribution >= 4 is 27.0 Å². The van der Waals surface area contributed by atoms with Gasteiger partial charge in [0.2, 0.25) is 0 Å². The Morgan fingerprint density at radius 2 is 1.89 bits per heavy atom. The molecule has 1 heterocycles. The van der Waals surface area contributed by atoms with E-state index in [9.17, 15) is 9.50 Å². The van der Waals surface area contributed by atoms with Crippen LogP contribution in [0.2, 0.25) is 0 Å². The summed E-state index contributed by atoms with van der Waals surface area (Å²) in [5.74, 6) is -0.134. The Bertz CT molecular complexity index is 722. The molecule has 0 aliphatic carbocycles. The third kappa shape index (κ3) is 1.76. The van der Waals surface area contributed by atoms with E-state index in [4.69, 9.17) is 0 Å². The Morgan fingerprint density at radius 3 is 2.61 bits per heavy atom. The van der Waals surface area contributed by atoms with Gasteiger partial charge in [-0.15, -0.1) is 0 Å². The fraction of sp³-hybridized carbons (Fsp3) is 0. The van der Waals surface area contributed by atoms with Gasteiger partial charge in [-0.3, -0.25) is 4.57 Å². The molecule has 0 aliphatic rings. The summed E-state index contributed by atoms with van der Waals surface area (Å²) < 4.78 is 15.8. The zero-order valence-electron chi connectivity index (χ0n) is 9.14. The molecule has 90 valence electrons. The van der Waals surface area contributed by atoms with Gasteiger partial charge < -0.3 is 5.11 Å². The predicted molar refractivity (Wildman–Crippen MR) is 70.4 cm³/mol. The third-order valence-electron chi connectivity index (χ3n) is 2.70. The number of rotatable bonds is 1. The molecule has 0 amide bonds. The Hall–Kier alpha value is -1.88. The lowest BCUT2D eigenvalue weighted by molar-refractivity contribution is 0.475. The predicted octanol–water partition coefficient (Wildman–Crippen LogP) is 3.63. The third-order valence-corrected chi connectivity index (χ3v) is 3.30. The number of benzene rings is 2. The molecule has 0 saturated carbocycles. The van der Waals surface area contributed by atoms with E-state index in [0.717, 1.165) is 5.69 Å². The summed E-state index contributed by atoms with van der Waals surface area (Å²) in [4.78, 5) is 4.25. The Morgan fingerprint density at radius 1 is 1.17 bits per heavy atom. The lowest BCUT2D eigenvalue weighted by Crippen LogP contribution is -1.91. The molecule has 0 spiro atoms. The quantitative estimate of drug-likeness (QED) is 0.745. The molecule has 18 heavy (non-hydrogen) atoms. The highest BCUT2D eigenvalue weighted by Gasteiger charge is 2.09. The maximum absolute atomic E-state index is 13.4. The first-order chi connectivity index (χ1) is 8.65. The van der Waals surface area contributed by atoms with Gasteiger partial charge >= 0.3 is 0 Å². The SMILES string of the molecule is Oc1ccc(-n2cnc3c(Br)cc(F)cc32)cc1. The molecule has 3 rings (SSSR count). The normalized spacial score (nSPS) is 11.0. The molecule has 0 radical (unpaired) electrons. The number of hydrogen-bond acceptors (Lipinski definition) is 2. The minimum absolute atomic E-state index is 0.190. The van der Waals surface area contributed by atoms with Crippen LogP contribution in [0.25, 0.3) is 16.7 Å². The second-order valence-electron chi connectivity index (χ2n) is 3.89. The van der Waals surface area contributed by atoms with Crippen molar-refractivity contribution in [1.29, 1.82) is 0 Å². The highest BCUT2D eigenvalue weighted by molar-refractivity contribution is 9.10. The number of aromatic nitrogens is 2. The minimum Gasteiger partial charge on any atom is -0.508 e. The molecular weight excluding hydrogens is 299 g/mol. The monoisotopic (exact) mass is 306 g/mol. The first-order valence-electron chi connectivity index (χ1n) is 5.26. The highest BCUT2D eigenvalue weighted by atomic mass is 79.9. The van der Waals surface area contributed by atoms with Crippen molar-refractivity contribution in [1.82, 2.24) is 9.55 Å². The Balaban J connectivity index is 2.27. The fourth-order valence-electron chi connectivity index (χ4n) is 1.86. The highest BCUT2D eigenvalue weighted by Crippen LogP contribution is 2.26. The molecule has 5 heteroatoms. The van der Waals surface area contributed by atoms with E-state index in [1.165, 1.54) is 12.1 Å². The van der Waals surface area contributed by atoms with Crippen LogP contribution in [0.5, 0.6) is 5.75 Å². The minimum atomic E-state index is -0.324. The van der Waals surface area contributed by atoms with Crippen LogP contribution in [0.3, 0.4) is 0 Å². The number of phenols is 1. The zero-order chi connectivity index (χ0) is 12.7. The second-order valence-corrected chi connectivity index (χ2v) is 4.74. The smallest absolute Gasteiger partial charge is 0.126 e. The Labute approximate surface area is 111 Å². The zero-order valence-corrected chi connectivity index (χ0v) is 10.7. The van der Waals surface area contributed by atoms with Gasteiger partial charge in [-0.2, -0.15) is 0 Å². The number of halogens is 2. The van der Waals surface area contributed by atoms with Gasteiger partial charge in [0.1, 0.15) is 23.4 Å². The number of nitrogens with zero attached hydrogens (tertiary/aromatic N) is 2. The first-order valence-corrected chi connectivity index (χ1v) is 6.06. The van der Waals surface area contributed by atoms with E-state index in [1.54, 1.807) is 35.2 Å². The van der Waals surface area contributed by atoms with Crippen LogP contribution in [0.4, 0.5) is 4.39 Å². The van der Waals surface area contributed by atoms with E-state index in [1.807, 2.05) is 0 Å². The van der Waals surface area contributed by atoms with Crippen molar-refractivity contribution < 1.29 is 9.50 Å². The lowest BCUT2D eigenvalue weighted by atomic mass is 10.2. The number of phenolic OH excluding ortho intramolecular Hbond substituents is 1. The average molecular weight is 307 g/mol. The van der Waals surface area contributed by atoms with Gasteiger partial charge in [0, 0.05) is 16.2 Å². The molecule has 0 atom stereocenters. The maximum atomic E-state index is 13.4. The largest absolute Gasteiger partial charge is 0.508 e. The molecule has 0 saturated heterocycles. The van der Waals surface area contributed by atoms with E-state index >= 15 is 0 Å². The molecule has 1 N–H and O–H groups in total. The van der Waals surface area contributed by atoms with E-state index in [2.05, 4.69) is 20.9 Å². The summed E-state index contributed by atoms with van der Waals surface area (Å²) in [6.07, 6.45) is 1.63. The summed E-state index contributed by atoms with van der Waals surface area (Å²) in [5.41, 5.74) is 2.19. The average Bonchev–Trinajstić information content (AvgIpc) is 2.74. The summed E-state index contributed by atoms with van der Waals surface area (Å²) in [7, 11) is 0. The van der Waals surface area contributed by atoms with Crippen LogP contribution in [0.1, 0.15) is 0 Å². The van der Waals surface area contributed by atoms with Crippen molar-refractivity contribution in [2.45, 2.75) is 0 Å². The van der Waals surface area contributed by atoms with Crippen molar-refractivity contribution in [3.05, 3.63) is 53.0 Å². The van der Waals surface area contributed by atoms with Crippen molar-refractivity contribution in [2.75, 3.05) is 0 Å². The molecular formula is C13H8BrFN2O. The number of fused-ring (bicyclic) bond motifs is 1. The molecule has 2 aromatic carbocycles. The topological polar surface area (TPSA) is 38.0 Å². The number of hydrogen-bond donors (Lipinski definition) is 1. The van der Waals surface area contributed by atoms with E-state index < -0.39 is 0 Å². The summed E-state index contributed by atoms with van der Waals surface area (Å²) in [5, 5.41) is 9.26. The maximum Gasteiger partial charge on any atom is 0.126 e. The Kier molecular flexibility index (Phi) is 2.56. The van der Waals surface area contributed by atoms with Gasteiger partial charge in [0.15, 0.2) is 0 Å². The fourth-order valence-corrected chi connectivity index (χ4v) is 2.38. The van der Waals surface area contributed by atoms with Crippen LogP contribution >= 0.6 is 15.9 Å². The van der Waals surface area contributed by atoms with Gasteiger partial charge in [-0.05, 0) is 46.3 Å². The van der Waals surface area contributed by atoms with E-state index in [0.29, 0.717) is 15.5 Å². The van der Waals surface area contributed by atoms with Crippen LogP contribution in [0.15, 0.2) is 47.2 Å². The van der Waals surface area contributed by atoms with Crippen LogP contribution < -0.4 is 0 Å². The van der Waals surface area contributed by atoms with Gasteiger partial charge in [-0.25, -0.2) is 9.37 Å². The lowest BCUT2D eigenvalue weighted by Gasteiger charge is -2.04. The molecule has 3 nitrogen and oxygen atoms in total. The van der Waals surface area contributed by atoms with Crippen LogP contribution in [-0.4, -0.2) is 14.7 Å². The van der Waals surface area contributed by atoms with Crippen molar-refractivity contribution in [3.63, 3.8) is 0 Å². The molecule has 1 aromatic heterocycles. The first kappa shape index (κ1) is 11.2. The number of aromatic hydroxyl groups is 1. The molecule has 0 bridgehead atoms. The molecule has 0 aliphatic heterocycles. The number of imidazole rings is 1. The second kappa shape index (κ2) is 4.10. The van der Waals surface area contributed by atoms with E-state index in [-0.39, 0.29) is 11.6 Å².